The number of hydrogen-bond donors (Lipinski definition) is 4. The summed E-state index contributed by atoms with van der Waals surface area (Å²) in [4.78, 5) is 70.4. The van der Waals surface area contributed by atoms with Crippen LogP contribution in [0, 0.1) is 11.8 Å². The van der Waals surface area contributed by atoms with Crippen molar-refractivity contribution >= 4 is 29.6 Å². The predicted molar refractivity (Wildman–Crippen MR) is 189 cm³/mol. The second kappa shape index (κ2) is 21.5. The molecule has 4 N–H and O–H groups in total. The van der Waals surface area contributed by atoms with Crippen molar-refractivity contribution in [3.05, 3.63) is 59.9 Å². The number of amides is 4. The quantitative estimate of drug-likeness (QED) is 0.113. The van der Waals surface area contributed by atoms with E-state index >= 15 is 0 Å². The first-order chi connectivity index (χ1) is 23.8. The molecule has 0 aliphatic heterocycles. The molecule has 1 aromatic carbocycles. The number of methoxy groups -OCH3 is 2. The molecule has 0 aliphatic carbocycles. The van der Waals surface area contributed by atoms with Crippen molar-refractivity contribution in [2.45, 2.75) is 96.9 Å². The molecule has 0 aliphatic rings. The monoisotopic (exact) mass is 697 g/mol. The Balaban J connectivity index is 2.18. The molecule has 1 aromatic heterocycles. The number of nitrogens with one attached hydrogen (secondary N) is 3. The van der Waals surface area contributed by atoms with E-state index < -0.39 is 42.0 Å². The lowest BCUT2D eigenvalue weighted by Crippen LogP contribution is -2.58. The summed E-state index contributed by atoms with van der Waals surface area (Å²) in [5.74, 6) is -1.58. The van der Waals surface area contributed by atoms with Gasteiger partial charge in [-0.25, -0.2) is 0 Å². The van der Waals surface area contributed by atoms with Gasteiger partial charge in [-0.15, -0.1) is 0 Å². The maximum Gasteiger partial charge on any atom is 0.305 e. The molecule has 1 heterocycles. The van der Waals surface area contributed by atoms with Crippen LogP contribution in [0.1, 0.15) is 82.1 Å². The first-order valence-corrected chi connectivity index (χ1v) is 17.2. The van der Waals surface area contributed by atoms with Crippen LogP contribution in [-0.2, 0) is 30.3 Å². The number of benzene rings is 1. The molecule has 13 heteroatoms. The molecule has 0 fully saturated rings. The van der Waals surface area contributed by atoms with Crippen molar-refractivity contribution in [2.75, 3.05) is 27.8 Å². The fourth-order valence-corrected chi connectivity index (χ4v) is 5.49. The van der Waals surface area contributed by atoms with Crippen molar-refractivity contribution in [1.82, 2.24) is 25.8 Å². The van der Waals surface area contributed by atoms with Gasteiger partial charge < -0.3 is 35.4 Å². The van der Waals surface area contributed by atoms with Gasteiger partial charge in [0.05, 0.1) is 32.8 Å². The Kier molecular flexibility index (Phi) is 17.9. The Labute approximate surface area is 295 Å². The second-order valence-corrected chi connectivity index (χ2v) is 13.2. The lowest BCUT2D eigenvalue weighted by atomic mass is 9.94. The van der Waals surface area contributed by atoms with Crippen LogP contribution in [-0.4, -0.2) is 96.6 Å². The van der Waals surface area contributed by atoms with Crippen molar-refractivity contribution in [2.24, 2.45) is 11.8 Å². The van der Waals surface area contributed by atoms with E-state index in [0.717, 1.165) is 12.0 Å². The number of ether oxygens (including phenoxy) is 2. The standard InChI is InChI=1S/C37H55N5O8/c1-24(2)21-30(36(47)41-34(25(3)4)31(43)23-32(44)39-18-10-8-9-11-33(45)50-7)42(5)37(48)29(22-26-12-14-28(49-6)15-13-26)40-35(46)27-16-19-38-20-17-27/h12-17,19-20,24-25,29-31,34,43H,8-11,18,21-23H2,1-7H3,(H,39,44)(H,40,46)(H,41,47)/t29-,30-,31+,34-/m0/s1. The third-order valence-corrected chi connectivity index (χ3v) is 8.40. The van der Waals surface area contributed by atoms with E-state index in [9.17, 15) is 29.1 Å². The predicted octanol–water partition coefficient (Wildman–Crippen LogP) is 3.05. The Morgan fingerprint density at radius 1 is 0.900 bits per heavy atom. The lowest BCUT2D eigenvalue weighted by Gasteiger charge is -2.34. The number of aliphatic hydroxyl groups is 1. The zero-order valence-electron chi connectivity index (χ0n) is 30.4. The van der Waals surface area contributed by atoms with Crippen LogP contribution < -0.4 is 20.7 Å². The van der Waals surface area contributed by atoms with Gasteiger partial charge in [0.2, 0.25) is 17.7 Å². The number of carbonyl (C=O) groups excluding carboxylic acids is 5. The maximum absolute atomic E-state index is 14.1. The van der Waals surface area contributed by atoms with Crippen LogP contribution in [0.25, 0.3) is 0 Å². The first kappa shape index (κ1) is 41.7. The molecule has 13 nitrogen and oxygen atoms in total. The number of nitrogens with zero attached hydrogens (tertiary/aromatic N) is 2. The number of pyridine rings is 1. The normalized spacial score (nSPS) is 13.5. The van der Waals surface area contributed by atoms with Gasteiger partial charge in [-0.3, -0.25) is 29.0 Å². The molecule has 0 spiro atoms. The minimum absolute atomic E-state index is 0.0215. The fraction of sp³-hybridized carbons (Fsp3) is 0.568. The average Bonchev–Trinajstić information content (AvgIpc) is 3.10. The molecule has 2 rings (SSSR count). The SMILES string of the molecule is COC(=O)CCCCCNC(=O)C[C@@H](O)[C@@H](NC(=O)[C@H](CC(C)C)N(C)C(=O)[C@H](Cc1ccc(OC)cc1)NC(=O)c1ccncc1)C(C)C. The molecule has 50 heavy (non-hydrogen) atoms. The lowest BCUT2D eigenvalue weighted by molar-refractivity contribution is -0.141. The Bertz CT molecular complexity index is 1370. The maximum atomic E-state index is 14.1. The Morgan fingerprint density at radius 3 is 2.14 bits per heavy atom. The molecule has 276 valence electrons. The van der Waals surface area contributed by atoms with Gasteiger partial charge in [-0.05, 0) is 60.9 Å². The van der Waals surface area contributed by atoms with Crippen LogP contribution in [0.2, 0.25) is 0 Å². The first-order valence-electron chi connectivity index (χ1n) is 17.2. The number of likely N-dealkylation sites (N-methyl/N-ethyl adjacent to an activating group) is 1. The molecule has 2 aromatic rings. The van der Waals surface area contributed by atoms with Crippen molar-refractivity contribution in [3.63, 3.8) is 0 Å². The molecule has 0 radical (unpaired) electrons. The summed E-state index contributed by atoms with van der Waals surface area (Å²) < 4.78 is 9.88. The Morgan fingerprint density at radius 2 is 1.56 bits per heavy atom. The average molecular weight is 698 g/mol. The summed E-state index contributed by atoms with van der Waals surface area (Å²) in [7, 11) is 4.44. The van der Waals surface area contributed by atoms with E-state index in [0.29, 0.717) is 43.5 Å². The van der Waals surface area contributed by atoms with Crippen LogP contribution in [0.15, 0.2) is 48.8 Å². The van der Waals surface area contributed by atoms with Crippen LogP contribution in [0.3, 0.4) is 0 Å². The van der Waals surface area contributed by atoms with Gasteiger partial charge in [0.25, 0.3) is 5.91 Å². The van der Waals surface area contributed by atoms with Gasteiger partial charge in [-0.2, -0.15) is 0 Å². The minimum Gasteiger partial charge on any atom is -0.497 e. The zero-order chi connectivity index (χ0) is 37.2. The number of esters is 1. The van der Waals surface area contributed by atoms with Crippen molar-refractivity contribution < 1.29 is 38.6 Å². The van der Waals surface area contributed by atoms with Crippen LogP contribution in [0.5, 0.6) is 5.75 Å². The van der Waals surface area contributed by atoms with E-state index in [1.165, 1.54) is 31.5 Å². The second-order valence-electron chi connectivity index (χ2n) is 13.2. The molecule has 0 saturated heterocycles. The summed E-state index contributed by atoms with van der Waals surface area (Å²) >= 11 is 0. The topological polar surface area (TPSA) is 176 Å². The number of rotatable bonds is 21. The summed E-state index contributed by atoms with van der Waals surface area (Å²) in [5.41, 5.74) is 1.11. The van der Waals surface area contributed by atoms with E-state index in [1.807, 2.05) is 39.8 Å². The number of carbonyl (C=O) groups is 5. The zero-order valence-corrected chi connectivity index (χ0v) is 30.4. The third kappa shape index (κ3) is 14.1. The smallest absolute Gasteiger partial charge is 0.305 e. The number of hydrogen-bond acceptors (Lipinski definition) is 9. The third-order valence-electron chi connectivity index (χ3n) is 8.40. The number of aliphatic hydroxyl groups excluding tert-OH is 1. The summed E-state index contributed by atoms with van der Waals surface area (Å²) in [6.45, 7) is 7.93. The minimum atomic E-state index is -1.18. The summed E-state index contributed by atoms with van der Waals surface area (Å²) in [6.07, 6.45) is 4.44. The van der Waals surface area contributed by atoms with E-state index in [1.54, 1.807) is 31.4 Å². The molecule has 4 amide bonds. The van der Waals surface area contributed by atoms with Crippen LogP contribution >= 0.6 is 0 Å². The number of unbranched alkanes of at least 4 members (excludes halogenated alkanes) is 2. The van der Waals surface area contributed by atoms with Gasteiger partial charge in [-0.1, -0.05) is 46.2 Å². The molecule has 0 bridgehead atoms. The van der Waals surface area contributed by atoms with E-state index in [4.69, 9.17) is 4.74 Å². The molecule has 0 saturated carbocycles. The summed E-state index contributed by atoms with van der Waals surface area (Å²) in [5, 5.41) is 19.6. The van der Waals surface area contributed by atoms with Crippen LogP contribution in [0.4, 0.5) is 0 Å². The van der Waals surface area contributed by atoms with Gasteiger partial charge in [0.15, 0.2) is 0 Å². The van der Waals surface area contributed by atoms with Gasteiger partial charge in [0, 0.05) is 44.4 Å². The summed E-state index contributed by atoms with van der Waals surface area (Å²) in [6, 6.07) is 7.56. The highest BCUT2D eigenvalue weighted by Gasteiger charge is 2.35. The van der Waals surface area contributed by atoms with Crippen molar-refractivity contribution in [3.8, 4) is 5.75 Å². The van der Waals surface area contributed by atoms with Gasteiger partial charge >= 0.3 is 5.97 Å². The van der Waals surface area contributed by atoms with Gasteiger partial charge in [0.1, 0.15) is 17.8 Å². The Hall–Kier alpha value is -4.52. The molecular weight excluding hydrogens is 642 g/mol. The highest BCUT2D eigenvalue weighted by atomic mass is 16.5. The highest BCUT2D eigenvalue weighted by molar-refractivity contribution is 5.98. The van der Waals surface area contributed by atoms with E-state index in [-0.39, 0.29) is 36.6 Å². The molecule has 4 atom stereocenters. The number of aromatic nitrogens is 1. The van der Waals surface area contributed by atoms with E-state index in [2.05, 4.69) is 25.7 Å². The highest BCUT2D eigenvalue weighted by Crippen LogP contribution is 2.18. The van der Waals surface area contributed by atoms with Crippen molar-refractivity contribution in [1.29, 1.82) is 0 Å². The largest absolute Gasteiger partial charge is 0.497 e. The fourth-order valence-electron chi connectivity index (χ4n) is 5.49. The molecular formula is C37H55N5O8. The molecule has 0 unspecified atom stereocenters.